The van der Waals surface area contributed by atoms with E-state index in [0.717, 1.165) is 28.1 Å². The molecule has 2 aromatic rings. The molecule has 0 aliphatic rings. The highest BCUT2D eigenvalue weighted by Crippen LogP contribution is 2.22. The molecule has 6 nitrogen and oxygen atoms in total. The van der Waals surface area contributed by atoms with Crippen molar-refractivity contribution < 1.29 is 9.53 Å². The number of urea groups is 1. The summed E-state index contributed by atoms with van der Waals surface area (Å²) in [7, 11) is 1.88. The number of amides is 2. The van der Waals surface area contributed by atoms with E-state index in [4.69, 9.17) is 4.74 Å². The van der Waals surface area contributed by atoms with Crippen LogP contribution < -0.4 is 15.4 Å². The molecule has 0 saturated heterocycles. The molecule has 0 aliphatic heterocycles. The van der Waals surface area contributed by atoms with Crippen LogP contribution in [0.1, 0.15) is 29.3 Å². The van der Waals surface area contributed by atoms with Gasteiger partial charge in [0.15, 0.2) is 0 Å². The monoisotopic (exact) mass is 330 g/mol. The van der Waals surface area contributed by atoms with Gasteiger partial charge in [-0.1, -0.05) is 18.2 Å². The van der Waals surface area contributed by atoms with Gasteiger partial charge in [0.05, 0.1) is 12.2 Å². The molecule has 0 radical (unpaired) electrons. The van der Waals surface area contributed by atoms with E-state index in [0.29, 0.717) is 13.2 Å². The molecule has 6 heteroatoms. The molecule has 0 bridgehead atoms. The minimum Gasteiger partial charge on any atom is -0.491 e. The fourth-order valence-corrected chi connectivity index (χ4v) is 2.44. The molecule has 130 valence electrons. The molecule has 0 aliphatic carbocycles. The highest BCUT2D eigenvalue weighted by atomic mass is 16.5. The maximum atomic E-state index is 12.0. The third-order valence-corrected chi connectivity index (χ3v) is 4.04. The van der Waals surface area contributed by atoms with E-state index in [-0.39, 0.29) is 12.1 Å². The molecular weight excluding hydrogens is 304 g/mol. The van der Waals surface area contributed by atoms with Gasteiger partial charge in [0.1, 0.15) is 12.4 Å². The SMILES string of the molecule is Cc1cccc(C)c1OC[C@@H](C)NC(=O)NCc1cnn(C)c1C. The summed E-state index contributed by atoms with van der Waals surface area (Å²) in [5.41, 5.74) is 4.24. The van der Waals surface area contributed by atoms with Crippen molar-refractivity contribution in [2.24, 2.45) is 7.05 Å². The van der Waals surface area contributed by atoms with Gasteiger partial charge >= 0.3 is 6.03 Å². The van der Waals surface area contributed by atoms with E-state index in [2.05, 4.69) is 15.7 Å². The quantitative estimate of drug-likeness (QED) is 0.855. The second kappa shape index (κ2) is 7.86. The molecule has 1 aromatic carbocycles. The fourth-order valence-electron chi connectivity index (χ4n) is 2.44. The van der Waals surface area contributed by atoms with Crippen molar-refractivity contribution in [3.63, 3.8) is 0 Å². The number of ether oxygens (including phenoxy) is 1. The topological polar surface area (TPSA) is 68.2 Å². The number of carbonyl (C=O) groups excluding carboxylic acids is 1. The van der Waals surface area contributed by atoms with E-state index in [1.807, 2.05) is 52.9 Å². The minimum atomic E-state index is -0.212. The van der Waals surface area contributed by atoms with Crippen LogP contribution in [-0.2, 0) is 13.6 Å². The zero-order valence-electron chi connectivity index (χ0n) is 15.0. The van der Waals surface area contributed by atoms with E-state index < -0.39 is 0 Å². The number of nitrogens with one attached hydrogen (secondary N) is 2. The third kappa shape index (κ3) is 4.50. The average Bonchev–Trinajstić information content (AvgIpc) is 2.84. The number of rotatable bonds is 6. The van der Waals surface area contributed by atoms with E-state index in [1.165, 1.54) is 0 Å². The lowest BCUT2D eigenvalue weighted by Gasteiger charge is -2.17. The van der Waals surface area contributed by atoms with Gasteiger partial charge < -0.3 is 15.4 Å². The van der Waals surface area contributed by atoms with Crippen LogP contribution in [0.5, 0.6) is 5.75 Å². The predicted octanol–water partition coefficient (Wildman–Crippen LogP) is 2.61. The van der Waals surface area contributed by atoms with Gasteiger partial charge in [-0.25, -0.2) is 4.79 Å². The Labute approximate surface area is 143 Å². The molecule has 1 heterocycles. The average molecular weight is 330 g/mol. The normalized spacial score (nSPS) is 11.9. The molecular formula is C18H26N4O2. The van der Waals surface area contributed by atoms with Crippen molar-refractivity contribution in [1.29, 1.82) is 0 Å². The van der Waals surface area contributed by atoms with Crippen LogP contribution in [0.15, 0.2) is 24.4 Å². The van der Waals surface area contributed by atoms with Gasteiger partial charge in [0.2, 0.25) is 0 Å². The number of aromatic nitrogens is 2. The van der Waals surface area contributed by atoms with Crippen LogP contribution in [0.4, 0.5) is 4.79 Å². The van der Waals surface area contributed by atoms with E-state index in [9.17, 15) is 4.79 Å². The van der Waals surface area contributed by atoms with Crippen LogP contribution in [0.25, 0.3) is 0 Å². The summed E-state index contributed by atoms with van der Waals surface area (Å²) in [6, 6.07) is 5.73. The summed E-state index contributed by atoms with van der Waals surface area (Å²) in [6.07, 6.45) is 1.77. The van der Waals surface area contributed by atoms with Gasteiger partial charge in [-0.2, -0.15) is 5.10 Å². The number of benzene rings is 1. The third-order valence-electron chi connectivity index (χ3n) is 4.04. The smallest absolute Gasteiger partial charge is 0.315 e. The predicted molar refractivity (Wildman–Crippen MR) is 94.2 cm³/mol. The summed E-state index contributed by atoms with van der Waals surface area (Å²) in [6.45, 7) is 8.80. The fraction of sp³-hybridized carbons (Fsp3) is 0.444. The maximum Gasteiger partial charge on any atom is 0.315 e. The van der Waals surface area contributed by atoms with Gasteiger partial charge in [-0.05, 0) is 38.8 Å². The number of aryl methyl sites for hydroxylation is 3. The molecule has 1 atom stereocenters. The summed E-state index contributed by atoms with van der Waals surface area (Å²) < 4.78 is 7.65. The highest BCUT2D eigenvalue weighted by Gasteiger charge is 2.11. The molecule has 24 heavy (non-hydrogen) atoms. The first-order valence-electron chi connectivity index (χ1n) is 8.09. The number of hydrogen-bond donors (Lipinski definition) is 2. The summed E-state index contributed by atoms with van der Waals surface area (Å²) in [4.78, 5) is 12.0. The van der Waals surface area contributed by atoms with Crippen LogP contribution >= 0.6 is 0 Å². The molecule has 2 N–H and O–H groups in total. The van der Waals surface area contributed by atoms with Gasteiger partial charge in [0.25, 0.3) is 0 Å². The number of para-hydroxylation sites is 1. The first-order valence-corrected chi connectivity index (χ1v) is 8.09. The molecule has 2 amide bonds. The van der Waals surface area contributed by atoms with Gasteiger partial charge in [-0.3, -0.25) is 4.68 Å². The van der Waals surface area contributed by atoms with Gasteiger partial charge in [-0.15, -0.1) is 0 Å². The van der Waals surface area contributed by atoms with Crippen LogP contribution in [-0.4, -0.2) is 28.5 Å². The summed E-state index contributed by atoms with van der Waals surface area (Å²) >= 11 is 0. The van der Waals surface area contributed by atoms with E-state index in [1.54, 1.807) is 10.9 Å². The number of carbonyl (C=O) groups is 1. The molecule has 2 rings (SSSR count). The van der Waals surface area contributed by atoms with Gasteiger partial charge in [0, 0.05) is 24.8 Å². The van der Waals surface area contributed by atoms with Crippen molar-refractivity contribution in [3.05, 3.63) is 46.8 Å². The Morgan fingerprint density at radius 1 is 1.29 bits per heavy atom. The lowest BCUT2D eigenvalue weighted by molar-refractivity contribution is 0.225. The summed E-state index contributed by atoms with van der Waals surface area (Å²) in [5.74, 6) is 0.887. The van der Waals surface area contributed by atoms with Crippen LogP contribution in [0.2, 0.25) is 0 Å². The zero-order valence-corrected chi connectivity index (χ0v) is 15.0. The Hall–Kier alpha value is -2.50. The second-order valence-electron chi connectivity index (χ2n) is 6.14. The van der Waals surface area contributed by atoms with Crippen LogP contribution in [0.3, 0.4) is 0 Å². The minimum absolute atomic E-state index is 0.0981. The number of hydrogen-bond acceptors (Lipinski definition) is 3. The lowest BCUT2D eigenvalue weighted by atomic mass is 10.1. The van der Waals surface area contributed by atoms with E-state index >= 15 is 0 Å². The van der Waals surface area contributed by atoms with Crippen molar-refractivity contribution >= 4 is 6.03 Å². The Bertz CT molecular complexity index is 689. The largest absolute Gasteiger partial charge is 0.491 e. The first-order chi connectivity index (χ1) is 11.4. The lowest BCUT2D eigenvalue weighted by Crippen LogP contribution is -2.43. The highest BCUT2D eigenvalue weighted by molar-refractivity contribution is 5.74. The van der Waals surface area contributed by atoms with Crippen LogP contribution in [0, 0.1) is 20.8 Å². The molecule has 1 aromatic heterocycles. The van der Waals surface area contributed by atoms with Crippen molar-refractivity contribution in [1.82, 2.24) is 20.4 Å². The Balaban J connectivity index is 1.78. The standard InChI is InChI=1S/C18H26N4O2/c1-12-7-6-8-13(2)17(12)24-11-14(3)21-18(23)19-9-16-10-20-22(5)15(16)4/h6-8,10,14H,9,11H2,1-5H3,(H2,19,21,23)/t14-/m1/s1. The first kappa shape index (κ1) is 17.8. The Kier molecular flexibility index (Phi) is 5.84. The zero-order chi connectivity index (χ0) is 17.7. The molecule has 0 unspecified atom stereocenters. The van der Waals surface area contributed by atoms with Crippen molar-refractivity contribution in [2.75, 3.05) is 6.61 Å². The Morgan fingerprint density at radius 3 is 2.54 bits per heavy atom. The second-order valence-corrected chi connectivity index (χ2v) is 6.14. The molecule has 0 saturated carbocycles. The summed E-state index contributed by atoms with van der Waals surface area (Å²) in [5, 5.41) is 9.89. The maximum absolute atomic E-state index is 12.0. The number of nitrogens with zero attached hydrogens (tertiary/aromatic N) is 2. The van der Waals surface area contributed by atoms with Crippen molar-refractivity contribution in [2.45, 2.75) is 40.3 Å². The Morgan fingerprint density at radius 2 is 1.96 bits per heavy atom. The van der Waals surface area contributed by atoms with Crippen molar-refractivity contribution in [3.8, 4) is 5.75 Å². The molecule has 0 fully saturated rings. The molecule has 0 spiro atoms.